The molecule has 41 heavy (non-hydrogen) atoms. The normalized spacial score (nSPS) is 20.3. The lowest BCUT2D eigenvalue weighted by Gasteiger charge is -2.33. The van der Waals surface area contributed by atoms with Crippen LogP contribution in [0.3, 0.4) is 0 Å². The summed E-state index contributed by atoms with van der Waals surface area (Å²) in [6.45, 7) is 3.64. The number of ether oxygens (including phenoxy) is 2. The monoisotopic (exact) mass is 615 g/mol. The van der Waals surface area contributed by atoms with Crippen LogP contribution in [-0.4, -0.2) is 93.2 Å². The van der Waals surface area contributed by atoms with Crippen LogP contribution in [0.2, 0.25) is 10.0 Å². The first kappa shape index (κ1) is 31.4. The SMILES string of the molecule is COCCN1CCC(C(=O)N2C[C@@H](N(C)C(=O)c3ccc(OC)c(C(F)(F)F)c3)[C@H](c3ccc(Cl)c(Cl)c3)C2)CC1. The number of nitrogens with zero attached hydrogens (tertiary/aromatic N) is 3. The number of halogens is 5. The molecule has 4 rings (SSSR count). The number of methoxy groups -OCH3 is 2. The summed E-state index contributed by atoms with van der Waals surface area (Å²) >= 11 is 12.5. The number of hydrogen-bond acceptors (Lipinski definition) is 5. The molecule has 2 aromatic carbocycles. The summed E-state index contributed by atoms with van der Waals surface area (Å²) in [4.78, 5) is 32.7. The maximum absolute atomic E-state index is 13.7. The number of piperidine rings is 1. The van der Waals surface area contributed by atoms with E-state index in [0.29, 0.717) is 23.2 Å². The highest BCUT2D eigenvalue weighted by Gasteiger charge is 2.43. The average Bonchev–Trinajstić information content (AvgIpc) is 3.41. The first-order valence-corrected chi connectivity index (χ1v) is 14.2. The number of rotatable bonds is 8. The minimum atomic E-state index is -4.70. The van der Waals surface area contributed by atoms with Gasteiger partial charge in [-0.25, -0.2) is 0 Å². The highest BCUT2D eigenvalue weighted by Crippen LogP contribution is 2.39. The molecule has 2 amide bonds. The zero-order valence-electron chi connectivity index (χ0n) is 23.2. The van der Waals surface area contributed by atoms with Crippen LogP contribution in [-0.2, 0) is 15.7 Å². The van der Waals surface area contributed by atoms with Crippen LogP contribution in [0.5, 0.6) is 5.75 Å². The van der Waals surface area contributed by atoms with Gasteiger partial charge in [-0.15, -0.1) is 0 Å². The number of carbonyl (C=O) groups excluding carboxylic acids is 2. The van der Waals surface area contributed by atoms with Gasteiger partial charge >= 0.3 is 6.18 Å². The van der Waals surface area contributed by atoms with Gasteiger partial charge in [0, 0.05) is 51.2 Å². The third-order valence-electron chi connectivity index (χ3n) is 8.09. The van der Waals surface area contributed by atoms with Crippen molar-refractivity contribution in [2.75, 3.05) is 60.6 Å². The Morgan fingerprint density at radius 2 is 1.73 bits per heavy atom. The van der Waals surface area contributed by atoms with Gasteiger partial charge in [-0.2, -0.15) is 13.2 Å². The summed E-state index contributed by atoms with van der Waals surface area (Å²) < 4.78 is 51.0. The van der Waals surface area contributed by atoms with E-state index in [1.54, 1.807) is 31.2 Å². The van der Waals surface area contributed by atoms with E-state index in [-0.39, 0.29) is 35.6 Å². The van der Waals surface area contributed by atoms with Gasteiger partial charge in [-0.1, -0.05) is 29.3 Å². The van der Waals surface area contributed by atoms with Crippen LogP contribution in [0, 0.1) is 5.92 Å². The Morgan fingerprint density at radius 1 is 1.02 bits per heavy atom. The van der Waals surface area contributed by atoms with Gasteiger partial charge in [0.2, 0.25) is 5.91 Å². The van der Waals surface area contributed by atoms with Crippen molar-refractivity contribution in [3.05, 3.63) is 63.1 Å². The lowest BCUT2D eigenvalue weighted by molar-refractivity contribution is -0.139. The third-order valence-corrected chi connectivity index (χ3v) is 8.83. The van der Waals surface area contributed by atoms with Gasteiger partial charge in [0.25, 0.3) is 5.91 Å². The molecule has 2 aliphatic heterocycles. The maximum Gasteiger partial charge on any atom is 0.419 e. The molecule has 2 fully saturated rings. The Balaban J connectivity index is 1.58. The van der Waals surface area contributed by atoms with Crippen LogP contribution in [0.15, 0.2) is 36.4 Å². The van der Waals surface area contributed by atoms with Crippen molar-refractivity contribution in [3.8, 4) is 5.75 Å². The Bertz CT molecular complexity index is 1250. The number of likely N-dealkylation sites (tertiary alicyclic amines) is 2. The molecule has 0 bridgehead atoms. The van der Waals surface area contributed by atoms with Gasteiger partial charge < -0.3 is 24.2 Å². The fourth-order valence-electron chi connectivity index (χ4n) is 5.73. The third kappa shape index (κ3) is 7.10. The Kier molecular flexibility index (Phi) is 10.1. The molecule has 224 valence electrons. The molecule has 2 saturated heterocycles. The summed E-state index contributed by atoms with van der Waals surface area (Å²) in [6, 6.07) is 7.96. The zero-order chi connectivity index (χ0) is 29.9. The van der Waals surface area contributed by atoms with Crippen LogP contribution < -0.4 is 4.74 Å². The van der Waals surface area contributed by atoms with E-state index in [9.17, 15) is 22.8 Å². The van der Waals surface area contributed by atoms with Gasteiger partial charge in [0.1, 0.15) is 5.75 Å². The summed E-state index contributed by atoms with van der Waals surface area (Å²) in [5.41, 5.74) is -0.360. The predicted octanol–water partition coefficient (Wildman–Crippen LogP) is 5.45. The van der Waals surface area contributed by atoms with Crippen molar-refractivity contribution in [1.29, 1.82) is 0 Å². The Morgan fingerprint density at radius 3 is 2.34 bits per heavy atom. The first-order valence-electron chi connectivity index (χ1n) is 13.4. The summed E-state index contributed by atoms with van der Waals surface area (Å²) in [6.07, 6.45) is -3.25. The quantitative estimate of drug-likeness (QED) is 0.395. The second-order valence-electron chi connectivity index (χ2n) is 10.5. The number of benzene rings is 2. The molecule has 0 aliphatic carbocycles. The topological polar surface area (TPSA) is 62.3 Å². The van der Waals surface area contributed by atoms with Crippen molar-refractivity contribution in [1.82, 2.24) is 14.7 Å². The summed E-state index contributed by atoms with van der Waals surface area (Å²) in [5, 5.41) is 0.718. The summed E-state index contributed by atoms with van der Waals surface area (Å²) in [7, 11) is 4.36. The molecule has 2 heterocycles. The van der Waals surface area contributed by atoms with Crippen LogP contribution in [0.25, 0.3) is 0 Å². The van der Waals surface area contributed by atoms with Crippen molar-refractivity contribution in [2.45, 2.75) is 31.0 Å². The Hall–Kier alpha value is -2.53. The molecular weight excluding hydrogens is 582 g/mol. The van der Waals surface area contributed by atoms with Crippen molar-refractivity contribution in [2.24, 2.45) is 5.92 Å². The molecule has 2 aliphatic rings. The largest absolute Gasteiger partial charge is 0.496 e. The highest BCUT2D eigenvalue weighted by molar-refractivity contribution is 6.42. The molecule has 0 N–H and O–H groups in total. The fourth-order valence-corrected chi connectivity index (χ4v) is 6.04. The molecule has 0 saturated carbocycles. The van der Waals surface area contributed by atoms with Crippen LogP contribution >= 0.6 is 23.2 Å². The van der Waals surface area contributed by atoms with E-state index in [1.165, 1.54) is 11.0 Å². The van der Waals surface area contributed by atoms with Gasteiger partial charge in [-0.05, 0) is 61.8 Å². The van der Waals surface area contributed by atoms with E-state index in [0.717, 1.165) is 57.3 Å². The molecule has 2 atom stereocenters. The average molecular weight is 617 g/mol. The fraction of sp³-hybridized carbons (Fsp3) is 0.517. The lowest BCUT2D eigenvalue weighted by atomic mass is 9.93. The van der Waals surface area contributed by atoms with E-state index >= 15 is 0 Å². The second kappa shape index (κ2) is 13.2. The lowest BCUT2D eigenvalue weighted by Crippen LogP contribution is -2.44. The predicted molar refractivity (Wildman–Crippen MR) is 151 cm³/mol. The molecule has 0 unspecified atom stereocenters. The smallest absolute Gasteiger partial charge is 0.419 e. The second-order valence-corrected chi connectivity index (χ2v) is 11.3. The molecule has 7 nitrogen and oxygen atoms in total. The van der Waals surface area contributed by atoms with Crippen molar-refractivity contribution < 1.29 is 32.2 Å². The molecule has 12 heteroatoms. The highest BCUT2D eigenvalue weighted by atomic mass is 35.5. The minimum absolute atomic E-state index is 0.0219. The van der Waals surface area contributed by atoms with E-state index in [4.69, 9.17) is 32.7 Å². The van der Waals surface area contributed by atoms with E-state index < -0.39 is 23.7 Å². The standard InChI is InChI=1S/C29H34Cl2F3N3O4/c1-35(27(38)20-5-7-26(41-3)22(14-20)29(32,33)34)25-17-37(16-21(25)19-4-6-23(30)24(31)15-19)28(39)18-8-10-36(11-9-18)12-13-40-2/h4-7,14-15,18,21,25H,8-13,16-17H2,1-3H3/t21-,25+/m0/s1. The molecule has 0 spiro atoms. The van der Waals surface area contributed by atoms with Gasteiger partial charge in [-0.3, -0.25) is 9.59 Å². The first-order chi connectivity index (χ1) is 19.4. The summed E-state index contributed by atoms with van der Waals surface area (Å²) in [5.74, 6) is -1.39. The maximum atomic E-state index is 13.7. The van der Waals surface area contributed by atoms with Gasteiger partial charge in [0.15, 0.2) is 0 Å². The van der Waals surface area contributed by atoms with E-state index in [1.807, 2.05) is 6.07 Å². The Labute approximate surface area is 248 Å². The van der Waals surface area contributed by atoms with Crippen molar-refractivity contribution in [3.63, 3.8) is 0 Å². The number of hydrogen-bond donors (Lipinski definition) is 0. The van der Waals surface area contributed by atoms with E-state index in [2.05, 4.69) is 4.90 Å². The zero-order valence-corrected chi connectivity index (χ0v) is 24.7. The van der Waals surface area contributed by atoms with Crippen LogP contribution in [0.4, 0.5) is 13.2 Å². The number of carbonyl (C=O) groups is 2. The number of alkyl halides is 3. The minimum Gasteiger partial charge on any atom is -0.496 e. The van der Waals surface area contributed by atoms with Crippen LogP contribution in [0.1, 0.15) is 40.2 Å². The number of likely N-dealkylation sites (N-methyl/N-ethyl adjacent to an activating group) is 1. The molecule has 2 aromatic rings. The van der Waals surface area contributed by atoms with Crippen molar-refractivity contribution >= 4 is 35.0 Å². The number of amides is 2. The molecule has 0 aromatic heterocycles. The molecular formula is C29H34Cl2F3N3O4. The molecule has 0 radical (unpaired) electrons. The van der Waals surface area contributed by atoms with Gasteiger partial charge in [0.05, 0.1) is 35.4 Å².